The van der Waals surface area contributed by atoms with E-state index in [0.717, 1.165) is 21.3 Å². The Balaban J connectivity index is 1.96. The first-order chi connectivity index (χ1) is 9.61. The van der Waals surface area contributed by atoms with Gasteiger partial charge in [-0.15, -0.1) is 11.3 Å². The summed E-state index contributed by atoms with van der Waals surface area (Å²) < 4.78 is 14.5. The standard InChI is InChI=1S/C15H10FNO2S/c16-11-6-9(5-10(8-11)15(18)19)7-14-17-12-3-1-2-4-13(12)20-14/h1-6,8H,7H2,(H,18,19). The number of carboxylic acid groups (broad SMARTS) is 1. The highest BCUT2D eigenvalue weighted by Crippen LogP contribution is 2.24. The van der Waals surface area contributed by atoms with Crippen LogP contribution in [0.4, 0.5) is 4.39 Å². The second-order valence-corrected chi connectivity index (χ2v) is 5.52. The first-order valence-electron chi connectivity index (χ1n) is 5.99. The lowest BCUT2D eigenvalue weighted by Crippen LogP contribution is -1.99. The van der Waals surface area contributed by atoms with Crippen molar-refractivity contribution in [1.29, 1.82) is 0 Å². The first-order valence-corrected chi connectivity index (χ1v) is 6.81. The van der Waals surface area contributed by atoms with E-state index >= 15 is 0 Å². The molecule has 0 saturated carbocycles. The fourth-order valence-corrected chi connectivity index (χ4v) is 3.05. The van der Waals surface area contributed by atoms with Crippen LogP contribution in [0.15, 0.2) is 42.5 Å². The van der Waals surface area contributed by atoms with E-state index in [-0.39, 0.29) is 5.56 Å². The van der Waals surface area contributed by atoms with E-state index in [2.05, 4.69) is 4.98 Å². The van der Waals surface area contributed by atoms with E-state index in [1.54, 1.807) is 0 Å². The molecule has 3 rings (SSSR count). The molecule has 2 aromatic carbocycles. The van der Waals surface area contributed by atoms with Gasteiger partial charge in [0.05, 0.1) is 20.8 Å². The zero-order valence-corrected chi connectivity index (χ0v) is 11.2. The number of benzene rings is 2. The minimum Gasteiger partial charge on any atom is -0.478 e. The van der Waals surface area contributed by atoms with Crippen molar-refractivity contribution in [3.63, 3.8) is 0 Å². The molecule has 1 aromatic heterocycles. The van der Waals surface area contributed by atoms with Crippen LogP contribution < -0.4 is 0 Å². The van der Waals surface area contributed by atoms with Crippen molar-refractivity contribution >= 4 is 27.5 Å². The van der Waals surface area contributed by atoms with Crippen molar-refractivity contribution in [2.45, 2.75) is 6.42 Å². The van der Waals surface area contributed by atoms with Crippen LogP contribution in [-0.4, -0.2) is 16.1 Å². The van der Waals surface area contributed by atoms with Gasteiger partial charge >= 0.3 is 5.97 Å². The number of fused-ring (bicyclic) bond motifs is 1. The van der Waals surface area contributed by atoms with Crippen LogP contribution >= 0.6 is 11.3 Å². The molecule has 0 aliphatic rings. The van der Waals surface area contributed by atoms with E-state index in [4.69, 9.17) is 5.11 Å². The Morgan fingerprint density at radius 2 is 2.05 bits per heavy atom. The molecule has 0 atom stereocenters. The van der Waals surface area contributed by atoms with Gasteiger partial charge in [-0.2, -0.15) is 0 Å². The van der Waals surface area contributed by atoms with E-state index in [1.807, 2.05) is 24.3 Å². The molecular formula is C15H10FNO2S. The molecule has 0 saturated heterocycles. The van der Waals surface area contributed by atoms with Gasteiger partial charge in [0.25, 0.3) is 0 Å². The number of para-hydroxylation sites is 1. The lowest BCUT2D eigenvalue weighted by atomic mass is 10.1. The highest BCUT2D eigenvalue weighted by atomic mass is 32.1. The number of nitrogens with zero attached hydrogens (tertiary/aromatic N) is 1. The number of halogens is 1. The highest BCUT2D eigenvalue weighted by molar-refractivity contribution is 7.18. The second kappa shape index (κ2) is 5.02. The summed E-state index contributed by atoms with van der Waals surface area (Å²) in [6.07, 6.45) is 0.428. The first kappa shape index (κ1) is 12.7. The number of carbonyl (C=O) groups is 1. The van der Waals surface area contributed by atoms with Gasteiger partial charge in [-0.05, 0) is 35.9 Å². The molecular weight excluding hydrogens is 277 g/mol. The molecule has 0 aliphatic carbocycles. The maximum Gasteiger partial charge on any atom is 0.335 e. The van der Waals surface area contributed by atoms with Crippen LogP contribution in [0.25, 0.3) is 10.2 Å². The summed E-state index contributed by atoms with van der Waals surface area (Å²) in [5.74, 6) is -1.67. The molecule has 1 N–H and O–H groups in total. The smallest absolute Gasteiger partial charge is 0.335 e. The number of carboxylic acids is 1. The van der Waals surface area contributed by atoms with Gasteiger partial charge in [-0.25, -0.2) is 14.2 Å². The molecule has 3 aromatic rings. The average molecular weight is 287 g/mol. The summed E-state index contributed by atoms with van der Waals surface area (Å²) in [6, 6.07) is 11.6. The number of rotatable bonds is 3. The van der Waals surface area contributed by atoms with Gasteiger partial charge in [0.1, 0.15) is 5.82 Å². The summed E-state index contributed by atoms with van der Waals surface area (Å²) >= 11 is 1.53. The predicted molar refractivity (Wildman–Crippen MR) is 75.8 cm³/mol. The van der Waals surface area contributed by atoms with Crippen molar-refractivity contribution in [2.24, 2.45) is 0 Å². The molecule has 100 valence electrons. The van der Waals surface area contributed by atoms with Crippen LogP contribution in [0, 0.1) is 5.82 Å². The zero-order chi connectivity index (χ0) is 14.1. The molecule has 3 nitrogen and oxygen atoms in total. The topological polar surface area (TPSA) is 50.2 Å². The van der Waals surface area contributed by atoms with Crippen molar-refractivity contribution < 1.29 is 14.3 Å². The molecule has 0 bridgehead atoms. The lowest BCUT2D eigenvalue weighted by Gasteiger charge is -2.01. The van der Waals surface area contributed by atoms with Gasteiger partial charge in [0.2, 0.25) is 0 Å². The number of aromatic nitrogens is 1. The van der Waals surface area contributed by atoms with Crippen LogP contribution in [0.2, 0.25) is 0 Å². The van der Waals surface area contributed by atoms with Crippen molar-refractivity contribution in [2.75, 3.05) is 0 Å². The minimum atomic E-state index is -1.13. The van der Waals surface area contributed by atoms with Crippen LogP contribution in [0.3, 0.4) is 0 Å². The van der Waals surface area contributed by atoms with Gasteiger partial charge in [-0.1, -0.05) is 12.1 Å². The fraction of sp³-hybridized carbons (Fsp3) is 0.0667. The van der Waals surface area contributed by atoms with Crippen molar-refractivity contribution in [3.8, 4) is 0 Å². The summed E-state index contributed by atoms with van der Waals surface area (Å²) in [7, 11) is 0. The Kier molecular flexibility index (Phi) is 3.20. The number of hydrogen-bond acceptors (Lipinski definition) is 3. The van der Waals surface area contributed by atoms with Crippen molar-refractivity contribution in [1.82, 2.24) is 4.98 Å². The zero-order valence-electron chi connectivity index (χ0n) is 10.3. The Bertz CT molecular complexity index is 764. The van der Waals surface area contributed by atoms with Gasteiger partial charge in [0.15, 0.2) is 0 Å². The summed E-state index contributed by atoms with van der Waals surface area (Å²) in [4.78, 5) is 15.4. The molecule has 0 aliphatic heterocycles. The van der Waals surface area contributed by atoms with Gasteiger partial charge in [0, 0.05) is 6.42 Å². The molecule has 0 radical (unpaired) electrons. The Labute approximate surface area is 118 Å². The van der Waals surface area contributed by atoms with Crippen molar-refractivity contribution in [3.05, 3.63) is 64.4 Å². The van der Waals surface area contributed by atoms with Gasteiger partial charge in [-0.3, -0.25) is 0 Å². The number of aromatic carboxylic acids is 1. The third-order valence-corrected chi connectivity index (χ3v) is 3.93. The quantitative estimate of drug-likeness (QED) is 0.798. The van der Waals surface area contributed by atoms with Crippen LogP contribution in [0.1, 0.15) is 20.9 Å². The largest absolute Gasteiger partial charge is 0.478 e. The molecule has 0 amide bonds. The minimum absolute atomic E-state index is 0.0406. The molecule has 0 unspecified atom stereocenters. The van der Waals surface area contributed by atoms with E-state index in [1.165, 1.54) is 23.5 Å². The SMILES string of the molecule is O=C(O)c1cc(F)cc(Cc2nc3ccccc3s2)c1. The molecule has 5 heteroatoms. The molecule has 20 heavy (non-hydrogen) atoms. The number of thiazole rings is 1. The summed E-state index contributed by atoms with van der Waals surface area (Å²) in [6.45, 7) is 0. The van der Waals surface area contributed by atoms with Crippen LogP contribution in [0.5, 0.6) is 0 Å². The average Bonchev–Trinajstić information content (AvgIpc) is 2.79. The summed E-state index contributed by atoms with van der Waals surface area (Å²) in [5, 5.41) is 9.78. The normalized spacial score (nSPS) is 10.8. The van der Waals surface area contributed by atoms with E-state index in [0.29, 0.717) is 12.0 Å². The third-order valence-electron chi connectivity index (χ3n) is 2.90. The molecule has 1 heterocycles. The van der Waals surface area contributed by atoms with E-state index < -0.39 is 11.8 Å². The summed E-state index contributed by atoms with van der Waals surface area (Å²) in [5.41, 5.74) is 1.48. The highest BCUT2D eigenvalue weighted by Gasteiger charge is 2.09. The maximum atomic E-state index is 13.4. The molecule has 0 fully saturated rings. The Hall–Kier alpha value is -2.27. The monoisotopic (exact) mass is 287 g/mol. The number of hydrogen-bond donors (Lipinski definition) is 1. The fourth-order valence-electron chi connectivity index (χ4n) is 2.05. The van der Waals surface area contributed by atoms with Gasteiger partial charge < -0.3 is 5.11 Å². The predicted octanol–water partition coefficient (Wildman–Crippen LogP) is 3.72. The second-order valence-electron chi connectivity index (χ2n) is 4.41. The lowest BCUT2D eigenvalue weighted by molar-refractivity contribution is 0.0696. The Morgan fingerprint density at radius 1 is 1.25 bits per heavy atom. The third kappa shape index (κ3) is 2.53. The Morgan fingerprint density at radius 3 is 2.80 bits per heavy atom. The van der Waals surface area contributed by atoms with E-state index in [9.17, 15) is 9.18 Å². The van der Waals surface area contributed by atoms with Crippen LogP contribution in [-0.2, 0) is 6.42 Å². The maximum absolute atomic E-state index is 13.4. The molecule has 0 spiro atoms.